The van der Waals surface area contributed by atoms with Crippen LogP contribution in [0.3, 0.4) is 0 Å². The molecule has 13 heavy (non-hydrogen) atoms. The summed E-state index contributed by atoms with van der Waals surface area (Å²) in [6.45, 7) is -0.115. The van der Waals surface area contributed by atoms with Gasteiger partial charge in [-0.3, -0.25) is 4.40 Å². The molecule has 0 aromatic carbocycles. The van der Waals surface area contributed by atoms with E-state index in [9.17, 15) is 0 Å². The normalized spacial score (nSPS) is 13.4. The molecule has 6 heteroatoms. The zero-order valence-electron chi connectivity index (χ0n) is 6.83. The van der Waals surface area contributed by atoms with Gasteiger partial charge in [-0.2, -0.15) is 5.10 Å². The molecular weight excluding hydrogens is 170 g/mol. The van der Waals surface area contributed by atoms with Crippen molar-refractivity contribution in [1.29, 1.82) is 0 Å². The van der Waals surface area contributed by atoms with Crippen LogP contribution in [0.4, 0.5) is 0 Å². The number of aromatic nitrogens is 4. The number of rotatable bonds is 2. The van der Waals surface area contributed by atoms with Crippen LogP contribution < -0.4 is 5.73 Å². The number of aliphatic hydroxyl groups excluding tert-OH is 1. The molecule has 0 saturated heterocycles. The Morgan fingerprint density at radius 3 is 3.23 bits per heavy atom. The van der Waals surface area contributed by atoms with Crippen LogP contribution in [-0.4, -0.2) is 31.3 Å². The van der Waals surface area contributed by atoms with E-state index < -0.39 is 6.04 Å². The monoisotopic (exact) mass is 179 g/mol. The van der Waals surface area contributed by atoms with Crippen molar-refractivity contribution in [3.8, 4) is 0 Å². The molecule has 0 saturated carbocycles. The summed E-state index contributed by atoms with van der Waals surface area (Å²) in [5.41, 5.74) is 6.37. The van der Waals surface area contributed by atoms with E-state index in [0.717, 1.165) is 5.69 Å². The van der Waals surface area contributed by atoms with Gasteiger partial charge >= 0.3 is 0 Å². The van der Waals surface area contributed by atoms with E-state index in [0.29, 0.717) is 5.78 Å². The maximum absolute atomic E-state index is 8.86. The number of aliphatic hydroxyl groups is 1. The molecule has 0 aliphatic heterocycles. The van der Waals surface area contributed by atoms with Crippen LogP contribution in [0, 0.1) is 0 Å². The second-order valence-corrected chi connectivity index (χ2v) is 2.66. The molecule has 68 valence electrons. The summed E-state index contributed by atoms with van der Waals surface area (Å²) in [6, 6.07) is -0.431. The van der Waals surface area contributed by atoms with Crippen molar-refractivity contribution in [3.05, 3.63) is 24.3 Å². The SMILES string of the molecule is NC(CO)c1cnc2nnccn12. The number of imidazole rings is 1. The zero-order valence-corrected chi connectivity index (χ0v) is 6.83. The molecule has 2 rings (SSSR count). The average molecular weight is 179 g/mol. The van der Waals surface area contributed by atoms with Crippen molar-refractivity contribution < 1.29 is 5.11 Å². The third-order valence-corrected chi connectivity index (χ3v) is 1.81. The highest BCUT2D eigenvalue weighted by Gasteiger charge is 2.10. The Labute approximate surface area is 74.0 Å². The molecule has 0 bridgehead atoms. The molecule has 3 N–H and O–H groups in total. The molecule has 6 nitrogen and oxygen atoms in total. The lowest BCUT2D eigenvalue weighted by molar-refractivity contribution is 0.265. The van der Waals surface area contributed by atoms with Crippen LogP contribution in [-0.2, 0) is 0 Å². The maximum Gasteiger partial charge on any atom is 0.253 e. The van der Waals surface area contributed by atoms with E-state index in [2.05, 4.69) is 15.2 Å². The first-order chi connectivity index (χ1) is 6.33. The fourth-order valence-electron chi connectivity index (χ4n) is 1.14. The summed E-state index contributed by atoms with van der Waals surface area (Å²) in [7, 11) is 0. The van der Waals surface area contributed by atoms with Crippen molar-refractivity contribution in [2.75, 3.05) is 6.61 Å². The molecule has 0 spiro atoms. The van der Waals surface area contributed by atoms with Gasteiger partial charge in [0.15, 0.2) is 0 Å². The van der Waals surface area contributed by atoms with Crippen molar-refractivity contribution in [1.82, 2.24) is 19.6 Å². The minimum Gasteiger partial charge on any atom is -0.394 e. The third kappa shape index (κ3) is 1.25. The molecule has 0 aliphatic rings. The summed E-state index contributed by atoms with van der Waals surface area (Å²) in [5.74, 6) is 0.487. The number of nitrogens with two attached hydrogens (primary N) is 1. The predicted octanol–water partition coefficient (Wildman–Crippen LogP) is -0.884. The quantitative estimate of drug-likeness (QED) is 0.624. The standard InChI is InChI=1S/C7H9N5O/c8-5(4-13)6-3-9-7-11-10-1-2-12(6)7/h1-3,5,13H,4,8H2. The third-order valence-electron chi connectivity index (χ3n) is 1.81. The Kier molecular flexibility index (Phi) is 1.91. The summed E-state index contributed by atoms with van der Waals surface area (Å²) < 4.78 is 1.70. The van der Waals surface area contributed by atoms with Gasteiger partial charge in [0, 0.05) is 6.20 Å². The number of nitrogens with zero attached hydrogens (tertiary/aromatic N) is 4. The first-order valence-electron chi connectivity index (χ1n) is 3.84. The van der Waals surface area contributed by atoms with E-state index in [1.807, 2.05) is 0 Å². The summed E-state index contributed by atoms with van der Waals surface area (Å²) in [6.07, 6.45) is 4.84. The smallest absolute Gasteiger partial charge is 0.253 e. The second kappa shape index (κ2) is 3.08. The molecule has 2 aromatic heterocycles. The van der Waals surface area contributed by atoms with E-state index in [4.69, 9.17) is 10.8 Å². The lowest BCUT2D eigenvalue weighted by Gasteiger charge is -2.05. The number of hydrogen-bond donors (Lipinski definition) is 2. The van der Waals surface area contributed by atoms with Gasteiger partial charge in [-0.1, -0.05) is 0 Å². The highest BCUT2D eigenvalue weighted by atomic mass is 16.3. The van der Waals surface area contributed by atoms with E-state index in [1.54, 1.807) is 23.0 Å². The van der Waals surface area contributed by atoms with E-state index >= 15 is 0 Å². The first kappa shape index (κ1) is 8.09. The number of hydrogen-bond acceptors (Lipinski definition) is 5. The van der Waals surface area contributed by atoms with Gasteiger partial charge in [-0.05, 0) is 0 Å². The Hall–Kier alpha value is -1.53. The number of fused-ring (bicyclic) bond motifs is 1. The predicted molar refractivity (Wildman–Crippen MR) is 44.8 cm³/mol. The molecule has 1 atom stereocenters. The minimum absolute atomic E-state index is 0.115. The molecule has 2 aromatic rings. The molecule has 0 radical (unpaired) electrons. The summed E-state index contributed by atoms with van der Waals surface area (Å²) >= 11 is 0. The van der Waals surface area contributed by atoms with Crippen LogP contribution in [0.2, 0.25) is 0 Å². The van der Waals surface area contributed by atoms with Crippen LogP contribution in [0.1, 0.15) is 11.7 Å². The second-order valence-electron chi connectivity index (χ2n) is 2.66. The fraction of sp³-hybridized carbons (Fsp3) is 0.286. The molecule has 0 amide bonds. The lowest BCUT2D eigenvalue weighted by Crippen LogP contribution is -2.16. The van der Waals surface area contributed by atoms with Gasteiger partial charge in [-0.25, -0.2) is 4.98 Å². The first-order valence-corrected chi connectivity index (χ1v) is 3.84. The molecule has 0 aliphatic carbocycles. The Bertz CT molecular complexity index is 412. The Balaban J connectivity index is 2.57. The molecule has 0 fully saturated rings. The van der Waals surface area contributed by atoms with Crippen molar-refractivity contribution in [3.63, 3.8) is 0 Å². The van der Waals surface area contributed by atoms with Crippen molar-refractivity contribution >= 4 is 5.78 Å². The van der Waals surface area contributed by atoms with E-state index in [1.165, 1.54) is 0 Å². The van der Waals surface area contributed by atoms with Crippen LogP contribution in [0.25, 0.3) is 5.78 Å². The minimum atomic E-state index is -0.431. The highest BCUT2D eigenvalue weighted by Crippen LogP contribution is 2.09. The molecule has 2 heterocycles. The Morgan fingerprint density at radius 2 is 2.46 bits per heavy atom. The molecular formula is C7H9N5O. The highest BCUT2D eigenvalue weighted by molar-refractivity contribution is 5.29. The van der Waals surface area contributed by atoms with Crippen molar-refractivity contribution in [2.24, 2.45) is 5.73 Å². The van der Waals surface area contributed by atoms with Gasteiger partial charge < -0.3 is 10.8 Å². The van der Waals surface area contributed by atoms with Gasteiger partial charge in [0.05, 0.1) is 30.7 Å². The van der Waals surface area contributed by atoms with Gasteiger partial charge in [0.25, 0.3) is 5.78 Å². The van der Waals surface area contributed by atoms with Crippen molar-refractivity contribution in [2.45, 2.75) is 6.04 Å². The topological polar surface area (TPSA) is 89.3 Å². The molecule has 1 unspecified atom stereocenters. The summed E-state index contributed by atoms with van der Waals surface area (Å²) in [5, 5.41) is 16.3. The van der Waals surface area contributed by atoms with Gasteiger partial charge in [-0.15, -0.1) is 5.10 Å². The van der Waals surface area contributed by atoms with Crippen LogP contribution in [0.5, 0.6) is 0 Å². The average Bonchev–Trinajstić information content (AvgIpc) is 2.60. The summed E-state index contributed by atoms with van der Waals surface area (Å²) in [4.78, 5) is 3.99. The maximum atomic E-state index is 8.86. The zero-order chi connectivity index (χ0) is 9.26. The lowest BCUT2D eigenvalue weighted by atomic mass is 10.2. The van der Waals surface area contributed by atoms with Gasteiger partial charge in [0.2, 0.25) is 0 Å². The van der Waals surface area contributed by atoms with Crippen LogP contribution >= 0.6 is 0 Å². The van der Waals surface area contributed by atoms with E-state index in [-0.39, 0.29) is 6.61 Å². The van der Waals surface area contributed by atoms with Gasteiger partial charge in [0.1, 0.15) is 0 Å². The largest absolute Gasteiger partial charge is 0.394 e. The Morgan fingerprint density at radius 1 is 1.62 bits per heavy atom. The van der Waals surface area contributed by atoms with Crippen LogP contribution in [0.15, 0.2) is 18.6 Å². The fourth-order valence-corrected chi connectivity index (χ4v) is 1.14.